The van der Waals surface area contributed by atoms with Gasteiger partial charge < -0.3 is 9.32 Å². The number of para-hydroxylation sites is 1. The molecule has 0 radical (unpaired) electrons. The van der Waals surface area contributed by atoms with Gasteiger partial charge in [-0.1, -0.05) is 142 Å². The molecule has 0 fully saturated rings. The molecule has 0 aliphatic heterocycles. The van der Waals surface area contributed by atoms with E-state index in [-0.39, 0.29) is 5.41 Å². The van der Waals surface area contributed by atoms with Gasteiger partial charge in [-0.05, 0) is 98.4 Å². The highest BCUT2D eigenvalue weighted by atomic mass is 16.3. The molecule has 0 saturated heterocycles. The molecule has 0 saturated carbocycles. The Labute approximate surface area is 298 Å². The van der Waals surface area contributed by atoms with Crippen LogP contribution in [0, 0.1) is 0 Å². The first-order chi connectivity index (χ1) is 25.0. The van der Waals surface area contributed by atoms with Crippen molar-refractivity contribution in [3.63, 3.8) is 0 Å². The van der Waals surface area contributed by atoms with Crippen molar-refractivity contribution in [2.45, 2.75) is 19.3 Å². The van der Waals surface area contributed by atoms with Gasteiger partial charge >= 0.3 is 0 Å². The summed E-state index contributed by atoms with van der Waals surface area (Å²) in [6.07, 6.45) is 5.75. The second kappa shape index (κ2) is 11.9. The predicted molar refractivity (Wildman–Crippen MR) is 217 cm³/mol. The van der Waals surface area contributed by atoms with E-state index in [1.807, 2.05) is 30.4 Å². The third-order valence-electron chi connectivity index (χ3n) is 10.6. The summed E-state index contributed by atoms with van der Waals surface area (Å²) in [6, 6.07) is 52.6. The maximum atomic E-state index is 6.12. The zero-order valence-corrected chi connectivity index (χ0v) is 28.9. The van der Waals surface area contributed by atoms with Crippen molar-refractivity contribution in [2.24, 2.45) is 0 Å². The highest BCUT2D eigenvalue weighted by Gasteiger charge is 2.35. The molecular weight excluding hydrogens is 619 g/mol. The van der Waals surface area contributed by atoms with Crippen LogP contribution in [-0.2, 0) is 5.41 Å². The van der Waals surface area contributed by atoms with Crippen LogP contribution in [0.15, 0.2) is 181 Å². The van der Waals surface area contributed by atoms with Crippen LogP contribution in [0.25, 0.3) is 60.5 Å². The minimum Gasteiger partial charge on any atom is -0.456 e. The number of benzene rings is 7. The van der Waals surface area contributed by atoms with Crippen molar-refractivity contribution in [2.75, 3.05) is 4.90 Å². The second-order valence-electron chi connectivity index (χ2n) is 13.8. The molecule has 9 rings (SSSR count). The largest absolute Gasteiger partial charge is 0.456 e. The Morgan fingerprint density at radius 2 is 1.24 bits per heavy atom. The number of fused-ring (bicyclic) bond motifs is 7. The van der Waals surface area contributed by atoms with E-state index in [1.165, 1.54) is 27.6 Å². The van der Waals surface area contributed by atoms with E-state index in [0.717, 1.165) is 66.7 Å². The summed E-state index contributed by atoms with van der Waals surface area (Å²) in [5.41, 5.74) is 14.9. The van der Waals surface area contributed by atoms with Crippen LogP contribution < -0.4 is 4.90 Å². The standard InChI is InChI=1S/C49H37NO/c1-5-13-32(6-2)37-27-28-46(41-16-8-7-14-38(37)41)50(36-25-26-40-39-15-9-11-18-44(39)49(3,4)45(40)31-36)35-23-20-33(21-24-35)34-22-29-48-43(30-34)42-17-10-12-19-47(42)51-48/h5-31H,1-2H2,3-4H3/b32-13+. The highest BCUT2D eigenvalue weighted by molar-refractivity contribution is 6.07. The molecule has 244 valence electrons. The van der Waals surface area contributed by atoms with Crippen molar-refractivity contribution in [3.8, 4) is 22.3 Å². The molecule has 2 nitrogen and oxygen atoms in total. The average molecular weight is 656 g/mol. The quantitative estimate of drug-likeness (QED) is 0.159. The van der Waals surface area contributed by atoms with Gasteiger partial charge in [0, 0.05) is 32.9 Å². The first-order valence-electron chi connectivity index (χ1n) is 17.5. The van der Waals surface area contributed by atoms with Gasteiger partial charge in [0.2, 0.25) is 0 Å². The van der Waals surface area contributed by atoms with Gasteiger partial charge in [0.15, 0.2) is 0 Å². The van der Waals surface area contributed by atoms with Gasteiger partial charge in [0.25, 0.3) is 0 Å². The van der Waals surface area contributed by atoms with E-state index in [4.69, 9.17) is 4.42 Å². The molecule has 0 N–H and O–H groups in total. The fraction of sp³-hybridized carbons (Fsp3) is 0.0612. The predicted octanol–water partition coefficient (Wildman–Crippen LogP) is 13.9. The van der Waals surface area contributed by atoms with Gasteiger partial charge in [-0.2, -0.15) is 0 Å². The number of nitrogens with zero attached hydrogens (tertiary/aromatic N) is 1. The van der Waals surface area contributed by atoms with Crippen molar-refractivity contribution in [1.29, 1.82) is 0 Å². The van der Waals surface area contributed by atoms with Crippen LogP contribution >= 0.6 is 0 Å². The third kappa shape index (κ3) is 4.87. The summed E-state index contributed by atoms with van der Waals surface area (Å²) >= 11 is 0. The van der Waals surface area contributed by atoms with Crippen LogP contribution in [0.5, 0.6) is 0 Å². The van der Waals surface area contributed by atoms with Crippen molar-refractivity contribution >= 4 is 55.3 Å². The fourth-order valence-electron chi connectivity index (χ4n) is 8.09. The van der Waals surface area contributed by atoms with Gasteiger partial charge in [-0.25, -0.2) is 0 Å². The number of allylic oxidation sites excluding steroid dienone is 4. The molecule has 0 bridgehead atoms. The normalized spacial score (nSPS) is 13.3. The van der Waals surface area contributed by atoms with E-state index in [0.29, 0.717) is 0 Å². The van der Waals surface area contributed by atoms with Crippen LogP contribution in [0.4, 0.5) is 17.1 Å². The van der Waals surface area contributed by atoms with Crippen molar-refractivity contribution in [3.05, 3.63) is 194 Å². The van der Waals surface area contributed by atoms with Gasteiger partial charge in [0.05, 0.1) is 5.69 Å². The van der Waals surface area contributed by atoms with Crippen molar-refractivity contribution in [1.82, 2.24) is 0 Å². The molecule has 8 aromatic rings. The van der Waals surface area contributed by atoms with E-state index in [9.17, 15) is 0 Å². The molecule has 1 aromatic heterocycles. The molecule has 51 heavy (non-hydrogen) atoms. The van der Waals surface area contributed by atoms with Crippen LogP contribution in [0.2, 0.25) is 0 Å². The number of hydrogen-bond acceptors (Lipinski definition) is 2. The number of hydrogen-bond donors (Lipinski definition) is 0. The summed E-state index contributed by atoms with van der Waals surface area (Å²) in [7, 11) is 0. The Morgan fingerprint density at radius 1 is 0.569 bits per heavy atom. The maximum Gasteiger partial charge on any atom is 0.135 e. The highest BCUT2D eigenvalue weighted by Crippen LogP contribution is 2.51. The summed E-state index contributed by atoms with van der Waals surface area (Å²) in [5.74, 6) is 0. The minimum atomic E-state index is -0.117. The maximum absolute atomic E-state index is 6.12. The molecule has 0 spiro atoms. The third-order valence-corrected chi connectivity index (χ3v) is 10.6. The van der Waals surface area contributed by atoms with E-state index in [1.54, 1.807) is 0 Å². The van der Waals surface area contributed by atoms with Gasteiger partial charge in [-0.3, -0.25) is 0 Å². The number of rotatable bonds is 7. The smallest absolute Gasteiger partial charge is 0.135 e. The second-order valence-corrected chi connectivity index (χ2v) is 13.8. The lowest BCUT2D eigenvalue weighted by molar-refractivity contribution is 0.660. The van der Waals surface area contributed by atoms with Gasteiger partial charge in [-0.15, -0.1) is 0 Å². The molecule has 0 amide bonds. The zero-order chi connectivity index (χ0) is 34.7. The molecule has 0 unspecified atom stereocenters. The molecule has 1 heterocycles. The average Bonchev–Trinajstić information content (AvgIpc) is 3.66. The minimum absolute atomic E-state index is 0.117. The first kappa shape index (κ1) is 30.7. The molecule has 2 heteroatoms. The Morgan fingerprint density at radius 3 is 2.04 bits per heavy atom. The zero-order valence-electron chi connectivity index (χ0n) is 28.9. The van der Waals surface area contributed by atoms with E-state index in [2.05, 4.69) is 165 Å². The van der Waals surface area contributed by atoms with E-state index >= 15 is 0 Å². The number of furan rings is 1. The van der Waals surface area contributed by atoms with Gasteiger partial charge in [0.1, 0.15) is 11.2 Å². The summed E-state index contributed by atoms with van der Waals surface area (Å²) in [6.45, 7) is 12.7. The summed E-state index contributed by atoms with van der Waals surface area (Å²) in [4.78, 5) is 2.41. The first-order valence-corrected chi connectivity index (χ1v) is 17.5. The Kier molecular flexibility index (Phi) is 7.15. The molecular formula is C49H37NO. The van der Waals surface area contributed by atoms with Crippen LogP contribution in [-0.4, -0.2) is 0 Å². The molecule has 0 atom stereocenters. The lowest BCUT2D eigenvalue weighted by atomic mass is 9.82. The van der Waals surface area contributed by atoms with E-state index < -0.39 is 0 Å². The van der Waals surface area contributed by atoms with Crippen LogP contribution in [0.3, 0.4) is 0 Å². The molecule has 1 aliphatic rings. The Bertz CT molecular complexity index is 2700. The lowest BCUT2D eigenvalue weighted by Gasteiger charge is -2.29. The lowest BCUT2D eigenvalue weighted by Crippen LogP contribution is -2.16. The van der Waals surface area contributed by atoms with Crippen molar-refractivity contribution < 1.29 is 4.42 Å². The Hall–Kier alpha value is -6.38. The Balaban J connectivity index is 1.22. The monoisotopic (exact) mass is 655 g/mol. The SMILES string of the molecule is C=C/C=C(\C=C)c1ccc(N(c2ccc(-c3ccc4oc5ccccc5c4c3)cc2)c2ccc3c(c2)C(C)(C)c2ccccc2-3)c2ccccc12. The molecule has 7 aromatic carbocycles. The number of anilines is 3. The molecule has 1 aliphatic carbocycles. The van der Waals surface area contributed by atoms with Crippen LogP contribution in [0.1, 0.15) is 30.5 Å². The summed E-state index contributed by atoms with van der Waals surface area (Å²) < 4.78 is 6.12. The summed E-state index contributed by atoms with van der Waals surface area (Å²) in [5, 5.41) is 4.60. The fourth-order valence-corrected chi connectivity index (χ4v) is 8.09. The topological polar surface area (TPSA) is 16.4 Å².